The normalized spacial score (nSPS) is 11.5. The number of benzene rings is 1. The first-order chi connectivity index (χ1) is 9.01. The molecule has 4 nitrogen and oxygen atoms in total. The Hall–Kier alpha value is -0.910. The second kappa shape index (κ2) is 7.62. The number of sulfonamides is 1. The lowest BCUT2D eigenvalue weighted by molar-refractivity contribution is 0.102. The zero-order chi connectivity index (χ0) is 14.3. The molecule has 0 aliphatic rings. The number of rotatable bonds is 8. The fourth-order valence-electron chi connectivity index (χ4n) is 1.56. The van der Waals surface area contributed by atoms with Gasteiger partial charge in [-0.2, -0.15) is 0 Å². The molecular weight excluding hydrogens is 286 g/mol. The number of carbonyl (C=O) groups excluding carboxylic acids is 1. The molecule has 1 rings (SSSR count). The summed E-state index contributed by atoms with van der Waals surface area (Å²) in [4.78, 5) is 11.5. The molecule has 106 valence electrons. The second-order valence-corrected chi connectivity index (χ2v) is 6.22. The van der Waals surface area contributed by atoms with Crippen molar-refractivity contribution >= 4 is 27.4 Å². The van der Waals surface area contributed by atoms with E-state index in [9.17, 15) is 13.2 Å². The van der Waals surface area contributed by atoms with Crippen molar-refractivity contribution in [2.24, 2.45) is 0 Å². The number of nitrogens with one attached hydrogen (secondary N) is 1. The lowest BCUT2D eigenvalue weighted by Gasteiger charge is -2.07. The van der Waals surface area contributed by atoms with Crippen molar-refractivity contribution < 1.29 is 13.2 Å². The molecule has 0 radical (unpaired) electrons. The molecule has 0 fully saturated rings. The monoisotopic (exact) mass is 303 g/mol. The van der Waals surface area contributed by atoms with Crippen LogP contribution < -0.4 is 4.72 Å². The van der Waals surface area contributed by atoms with E-state index >= 15 is 0 Å². The van der Waals surface area contributed by atoms with Crippen molar-refractivity contribution in [3.8, 4) is 0 Å². The molecule has 0 amide bonds. The Morgan fingerprint density at radius 2 is 1.84 bits per heavy atom. The summed E-state index contributed by atoms with van der Waals surface area (Å²) in [5.41, 5.74) is 0.417. The third-order valence-corrected chi connectivity index (χ3v) is 4.40. The molecule has 0 aliphatic carbocycles. The third-order valence-electron chi connectivity index (χ3n) is 2.68. The lowest BCUT2D eigenvalue weighted by Crippen LogP contribution is -2.24. The Labute approximate surface area is 119 Å². The fourth-order valence-corrected chi connectivity index (χ4v) is 2.79. The maximum atomic E-state index is 11.9. The highest BCUT2D eigenvalue weighted by atomic mass is 35.5. The SMILES string of the molecule is CCCCCNS(=O)(=O)c1ccc(C(=O)CCl)cc1. The Bertz CT molecular complexity index is 511. The Morgan fingerprint density at radius 3 is 2.37 bits per heavy atom. The molecule has 0 aliphatic heterocycles. The average molecular weight is 304 g/mol. The van der Waals surface area contributed by atoms with E-state index in [4.69, 9.17) is 11.6 Å². The first kappa shape index (κ1) is 16.1. The predicted octanol–water partition coefficient (Wildman–Crippen LogP) is 2.58. The van der Waals surface area contributed by atoms with Gasteiger partial charge in [-0.15, -0.1) is 11.6 Å². The Morgan fingerprint density at radius 1 is 1.21 bits per heavy atom. The summed E-state index contributed by atoms with van der Waals surface area (Å²) in [6.07, 6.45) is 2.85. The molecule has 0 atom stereocenters. The summed E-state index contributed by atoms with van der Waals surface area (Å²) in [7, 11) is -3.48. The van der Waals surface area contributed by atoms with Gasteiger partial charge in [0.2, 0.25) is 10.0 Å². The molecule has 6 heteroatoms. The number of ketones is 1. The van der Waals surface area contributed by atoms with Gasteiger partial charge in [0.25, 0.3) is 0 Å². The summed E-state index contributed by atoms with van der Waals surface area (Å²) >= 11 is 5.43. The van der Waals surface area contributed by atoms with Gasteiger partial charge in [0.05, 0.1) is 10.8 Å². The highest BCUT2D eigenvalue weighted by Gasteiger charge is 2.13. The van der Waals surface area contributed by atoms with Gasteiger partial charge in [0.15, 0.2) is 5.78 Å². The zero-order valence-corrected chi connectivity index (χ0v) is 12.4. The van der Waals surface area contributed by atoms with Crippen molar-refractivity contribution in [3.05, 3.63) is 29.8 Å². The van der Waals surface area contributed by atoms with Crippen LogP contribution in [0.3, 0.4) is 0 Å². The molecule has 1 N–H and O–H groups in total. The molecular formula is C13H18ClNO3S. The van der Waals surface area contributed by atoms with E-state index in [2.05, 4.69) is 11.6 Å². The zero-order valence-electron chi connectivity index (χ0n) is 10.9. The number of hydrogen-bond acceptors (Lipinski definition) is 3. The van der Waals surface area contributed by atoms with Crippen LogP contribution in [-0.2, 0) is 10.0 Å². The van der Waals surface area contributed by atoms with Crippen LogP contribution in [0.4, 0.5) is 0 Å². The van der Waals surface area contributed by atoms with Crippen LogP contribution in [0.25, 0.3) is 0 Å². The van der Waals surface area contributed by atoms with Gasteiger partial charge in [-0.25, -0.2) is 13.1 Å². The number of Topliss-reactive ketones (excluding diaryl/α,β-unsaturated/α-hetero) is 1. The second-order valence-electron chi connectivity index (χ2n) is 4.19. The number of hydrogen-bond donors (Lipinski definition) is 1. The van der Waals surface area contributed by atoms with Gasteiger partial charge >= 0.3 is 0 Å². The maximum Gasteiger partial charge on any atom is 0.240 e. The molecule has 0 spiro atoms. The average Bonchev–Trinajstić information content (AvgIpc) is 2.43. The summed E-state index contributed by atoms with van der Waals surface area (Å²) < 4.78 is 26.4. The van der Waals surface area contributed by atoms with Crippen molar-refractivity contribution in [3.63, 3.8) is 0 Å². The van der Waals surface area contributed by atoms with Gasteiger partial charge in [0.1, 0.15) is 0 Å². The number of halogens is 1. The van der Waals surface area contributed by atoms with Crippen LogP contribution >= 0.6 is 11.6 Å². The minimum absolute atomic E-state index is 0.110. The van der Waals surface area contributed by atoms with Crippen molar-refractivity contribution in [1.29, 1.82) is 0 Å². The van der Waals surface area contributed by atoms with E-state index in [1.54, 1.807) is 0 Å². The topological polar surface area (TPSA) is 63.2 Å². The van der Waals surface area contributed by atoms with Gasteiger partial charge < -0.3 is 0 Å². The van der Waals surface area contributed by atoms with Crippen LogP contribution in [0.1, 0.15) is 36.5 Å². The quantitative estimate of drug-likeness (QED) is 0.456. The van der Waals surface area contributed by atoms with E-state index in [1.165, 1.54) is 24.3 Å². The molecule has 1 aromatic rings. The van der Waals surface area contributed by atoms with Crippen LogP contribution in [-0.4, -0.2) is 26.6 Å². The Kier molecular flexibility index (Phi) is 6.48. The van der Waals surface area contributed by atoms with Gasteiger partial charge in [0, 0.05) is 12.1 Å². The number of unbranched alkanes of at least 4 members (excludes halogenated alkanes) is 2. The molecule has 0 saturated carbocycles. The van der Waals surface area contributed by atoms with Crippen molar-refractivity contribution in [2.75, 3.05) is 12.4 Å². The van der Waals surface area contributed by atoms with Crippen LogP contribution in [0.5, 0.6) is 0 Å². The summed E-state index contributed by atoms with van der Waals surface area (Å²) in [6.45, 7) is 2.49. The molecule has 19 heavy (non-hydrogen) atoms. The molecule has 0 heterocycles. The smallest absolute Gasteiger partial charge is 0.240 e. The van der Waals surface area contributed by atoms with E-state index in [0.717, 1.165) is 19.3 Å². The molecule has 0 aromatic heterocycles. The summed E-state index contributed by atoms with van der Waals surface area (Å²) in [5.74, 6) is -0.331. The van der Waals surface area contributed by atoms with E-state index in [1.807, 2.05) is 0 Å². The number of carbonyl (C=O) groups is 1. The largest absolute Gasteiger partial charge is 0.293 e. The van der Waals surface area contributed by atoms with Crippen LogP contribution in [0.15, 0.2) is 29.2 Å². The van der Waals surface area contributed by atoms with Gasteiger partial charge in [-0.3, -0.25) is 4.79 Å². The highest BCUT2D eigenvalue weighted by molar-refractivity contribution is 7.89. The summed E-state index contributed by atoms with van der Waals surface area (Å²) in [5, 5.41) is 0. The third kappa shape index (κ3) is 4.93. The minimum atomic E-state index is -3.48. The minimum Gasteiger partial charge on any atom is -0.293 e. The van der Waals surface area contributed by atoms with Crippen molar-refractivity contribution in [1.82, 2.24) is 4.72 Å². The standard InChI is InChI=1S/C13H18ClNO3S/c1-2-3-4-9-15-19(17,18)12-7-5-11(6-8-12)13(16)10-14/h5-8,15H,2-4,9-10H2,1H3. The van der Waals surface area contributed by atoms with Crippen molar-refractivity contribution in [2.45, 2.75) is 31.1 Å². The molecule has 0 unspecified atom stereocenters. The molecule has 0 saturated heterocycles. The lowest BCUT2D eigenvalue weighted by atomic mass is 10.1. The molecule has 1 aromatic carbocycles. The Balaban J connectivity index is 2.71. The first-order valence-corrected chi connectivity index (χ1v) is 8.22. The number of alkyl halides is 1. The fraction of sp³-hybridized carbons (Fsp3) is 0.462. The predicted molar refractivity (Wildman–Crippen MR) is 76.2 cm³/mol. The molecule has 0 bridgehead atoms. The van der Waals surface area contributed by atoms with E-state index in [0.29, 0.717) is 12.1 Å². The van der Waals surface area contributed by atoms with E-state index < -0.39 is 10.0 Å². The van der Waals surface area contributed by atoms with Gasteiger partial charge in [-0.05, 0) is 18.6 Å². The maximum absolute atomic E-state index is 11.9. The van der Waals surface area contributed by atoms with Gasteiger partial charge in [-0.1, -0.05) is 31.9 Å². The van der Waals surface area contributed by atoms with E-state index in [-0.39, 0.29) is 16.6 Å². The highest BCUT2D eigenvalue weighted by Crippen LogP contribution is 2.11. The van der Waals surface area contributed by atoms with Crippen LogP contribution in [0.2, 0.25) is 0 Å². The van der Waals surface area contributed by atoms with Crippen LogP contribution in [0, 0.1) is 0 Å². The first-order valence-electron chi connectivity index (χ1n) is 6.20. The summed E-state index contributed by atoms with van der Waals surface area (Å²) in [6, 6.07) is 5.79.